The van der Waals surface area contributed by atoms with E-state index >= 15 is 0 Å². The molecule has 226 valence electrons. The topological polar surface area (TPSA) is 145 Å². The van der Waals surface area contributed by atoms with Crippen molar-refractivity contribution in [3.05, 3.63) is 131 Å². The molecular weight excluding hydrogens is 564 g/mol. The van der Waals surface area contributed by atoms with E-state index in [1.54, 1.807) is 36.4 Å². The van der Waals surface area contributed by atoms with Gasteiger partial charge in [0.05, 0.1) is 23.7 Å². The standard InChI is InChI=1S/C34H38N2O6S/c35-27-15-7-13-25(17-27)21-41-33-29(19-23-9-3-1-4-10-23)43(39,40)30(20-24-11-5-2-6-12-24)34(32(38)31(33)37)42-22-26-14-8-16-28(36)18-26/h1-18,29-34,37-38H,19-22,35-36H2/t29-,30-,31-,32-,33+,34+/m1/s1. The van der Waals surface area contributed by atoms with Crippen molar-refractivity contribution in [2.45, 2.75) is 61.0 Å². The molecule has 0 amide bonds. The summed E-state index contributed by atoms with van der Waals surface area (Å²) in [6.07, 6.45) is -5.45. The fourth-order valence-electron chi connectivity index (χ4n) is 5.75. The van der Waals surface area contributed by atoms with Crippen molar-refractivity contribution >= 4 is 21.2 Å². The van der Waals surface area contributed by atoms with Gasteiger partial charge in [0, 0.05) is 11.4 Å². The van der Waals surface area contributed by atoms with Crippen molar-refractivity contribution in [1.29, 1.82) is 0 Å². The molecule has 0 radical (unpaired) electrons. The van der Waals surface area contributed by atoms with E-state index in [1.807, 2.05) is 72.8 Å². The van der Waals surface area contributed by atoms with Crippen LogP contribution < -0.4 is 11.5 Å². The summed E-state index contributed by atoms with van der Waals surface area (Å²) in [4.78, 5) is 0. The molecule has 0 bridgehead atoms. The number of hydrogen-bond acceptors (Lipinski definition) is 8. The second-order valence-corrected chi connectivity index (χ2v) is 13.5. The van der Waals surface area contributed by atoms with Crippen LogP contribution in [-0.2, 0) is 45.4 Å². The Morgan fingerprint density at radius 1 is 0.558 bits per heavy atom. The summed E-state index contributed by atoms with van der Waals surface area (Å²) in [6.45, 7) is -0.00305. The Morgan fingerprint density at radius 3 is 1.30 bits per heavy atom. The number of rotatable bonds is 10. The first-order chi connectivity index (χ1) is 20.7. The molecule has 6 N–H and O–H groups in total. The van der Waals surface area contributed by atoms with Crippen LogP contribution in [0.25, 0.3) is 0 Å². The monoisotopic (exact) mass is 602 g/mol. The molecule has 9 heteroatoms. The van der Waals surface area contributed by atoms with Gasteiger partial charge in [0.2, 0.25) is 0 Å². The molecule has 0 unspecified atom stereocenters. The van der Waals surface area contributed by atoms with Gasteiger partial charge >= 0.3 is 0 Å². The first-order valence-corrected chi connectivity index (χ1v) is 15.9. The molecule has 0 saturated carbocycles. The van der Waals surface area contributed by atoms with Crippen molar-refractivity contribution in [3.63, 3.8) is 0 Å². The maximum atomic E-state index is 14.8. The third kappa shape index (κ3) is 7.44. The Hall–Kier alpha value is -3.73. The molecule has 1 saturated heterocycles. The molecule has 5 rings (SSSR count). The Kier molecular flexibility index (Phi) is 9.79. The van der Waals surface area contributed by atoms with E-state index in [4.69, 9.17) is 20.9 Å². The molecule has 1 fully saturated rings. The molecule has 8 nitrogen and oxygen atoms in total. The van der Waals surface area contributed by atoms with Crippen LogP contribution in [0, 0.1) is 0 Å². The molecule has 1 aliphatic heterocycles. The minimum absolute atomic E-state index is 0.00152. The van der Waals surface area contributed by atoms with E-state index in [1.165, 1.54) is 0 Å². The maximum Gasteiger partial charge on any atom is 0.161 e. The predicted molar refractivity (Wildman–Crippen MR) is 168 cm³/mol. The van der Waals surface area contributed by atoms with Gasteiger partial charge in [-0.15, -0.1) is 0 Å². The van der Waals surface area contributed by atoms with Crippen LogP contribution in [-0.4, -0.2) is 53.5 Å². The van der Waals surface area contributed by atoms with Crippen molar-refractivity contribution in [2.75, 3.05) is 11.5 Å². The molecule has 43 heavy (non-hydrogen) atoms. The van der Waals surface area contributed by atoms with E-state index in [9.17, 15) is 18.6 Å². The summed E-state index contributed by atoms with van der Waals surface area (Å²) in [5, 5.41) is 21.0. The molecule has 0 aliphatic carbocycles. The summed E-state index contributed by atoms with van der Waals surface area (Å²) < 4.78 is 42.0. The Morgan fingerprint density at radius 2 is 0.930 bits per heavy atom. The van der Waals surface area contributed by atoms with E-state index in [0.29, 0.717) is 11.4 Å². The number of nitrogen functional groups attached to an aromatic ring is 2. The van der Waals surface area contributed by atoms with Crippen LogP contribution in [0.2, 0.25) is 0 Å². The number of nitrogens with two attached hydrogens (primary N) is 2. The Labute approximate surface area is 252 Å². The summed E-state index contributed by atoms with van der Waals surface area (Å²) in [6, 6.07) is 32.6. The van der Waals surface area contributed by atoms with E-state index in [-0.39, 0.29) is 26.1 Å². The highest BCUT2D eigenvalue weighted by Gasteiger charge is 2.54. The first-order valence-electron chi connectivity index (χ1n) is 14.3. The summed E-state index contributed by atoms with van der Waals surface area (Å²) in [7, 11) is -4.11. The van der Waals surface area contributed by atoms with Crippen LogP contribution in [0.5, 0.6) is 0 Å². The summed E-state index contributed by atoms with van der Waals surface area (Å²) in [5.41, 5.74) is 16.0. The summed E-state index contributed by atoms with van der Waals surface area (Å²) in [5.74, 6) is 0. The van der Waals surface area contributed by atoms with Gasteiger partial charge in [-0.2, -0.15) is 0 Å². The van der Waals surface area contributed by atoms with Crippen LogP contribution >= 0.6 is 0 Å². The van der Waals surface area contributed by atoms with Crippen LogP contribution in [0.4, 0.5) is 11.4 Å². The smallest absolute Gasteiger partial charge is 0.161 e. The van der Waals surface area contributed by atoms with Crippen molar-refractivity contribution < 1.29 is 28.1 Å². The number of hydrogen-bond donors (Lipinski definition) is 4. The highest BCUT2D eigenvalue weighted by Crippen LogP contribution is 2.35. The van der Waals surface area contributed by atoms with Gasteiger partial charge in [-0.3, -0.25) is 0 Å². The minimum Gasteiger partial charge on any atom is -0.399 e. The molecule has 1 heterocycles. The number of sulfone groups is 1. The largest absolute Gasteiger partial charge is 0.399 e. The zero-order chi connectivity index (χ0) is 30.4. The molecular formula is C34H38N2O6S. The van der Waals surface area contributed by atoms with Crippen molar-refractivity contribution in [2.24, 2.45) is 0 Å². The zero-order valence-electron chi connectivity index (χ0n) is 23.8. The predicted octanol–water partition coefficient (Wildman–Crippen LogP) is 3.69. The van der Waals surface area contributed by atoms with Gasteiger partial charge < -0.3 is 31.2 Å². The van der Waals surface area contributed by atoms with Crippen molar-refractivity contribution in [1.82, 2.24) is 0 Å². The molecule has 6 atom stereocenters. The lowest BCUT2D eigenvalue weighted by atomic mass is 9.94. The fraction of sp³-hybridized carbons (Fsp3) is 0.294. The van der Waals surface area contributed by atoms with Crippen LogP contribution in [0.15, 0.2) is 109 Å². The van der Waals surface area contributed by atoms with Gasteiger partial charge in [-0.25, -0.2) is 8.42 Å². The van der Waals surface area contributed by atoms with Crippen LogP contribution in [0.3, 0.4) is 0 Å². The Balaban J connectivity index is 1.55. The molecule has 4 aromatic rings. The quantitative estimate of drug-likeness (QED) is 0.201. The van der Waals surface area contributed by atoms with Gasteiger partial charge in [-0.1, -0.05) is 84.9 Å². The third-order valence-corrected chi connectivity index (χ3v) is 10.5. The van der Waals surface area contributed by atoms with Gasteiger partial charge in [-0.05, 0) is 59.4 Å². The second kappa shape index (κ2) is 13.7. The zero-order valence-corrected chi connectivity index (χ0v) is 24.6. The summed E-state index contributed by atoms with van der Waals surface area (Å²) >= 11 is 0. The van der Waals surface area contributed by atoms with E-state index in [2.05, 4.69) is 0 Å². The minimum atomic E-state index is -4.11. The number of anilines is 2. The number of benzene rings is 4. The molecule has 1 aliphatic rings. The average molecular weight is 603 g/mol. The van der Waals surface area contributed by atoms with Gasteiger partial charge in [0.25, 0.3) is 0 Å². The SMILES string of the molecule is Nc1cccc(CO[C@@H]2[C@H](O)[C@@H](O)[C@@H](OCc3cccc(N)c3)[C@@H](Cc3ccccc3)S(=O)(=O)[C@@H]2Cc2ccccc2)c1. The lowest BCUT2D eigenvalue weighted by Crippen LogP contribution is -2.49. The van der Waals surface area contributed by atoms with E-state index in [0.717, 1.165) is 22.3 Å². The van der Waals surface area contributed by atoms with Crippen LogP contribution in [0.1, 0.15) is 22.3 Å². The van der Waals surface area contributed by atoms with Gasteiger partial charge in [0.15, 0.2) is 9.84 Å². The van der Waals surface area contributed by atoms with Gasteiger partial charge in [0.1, 0.15) is 24.4 Å². The lowest BCUT2D eigenvalue weighted by Gasteiger charge is -2.31. The number of aliphatic hydroxyl groups is 2. The van der Waals surface area contributed by atoms with Crippen molar-refractivity contribution in [3.8, 4) is 0 Å². The highest BCUT2D eigenvalue weighted by atomic mass is 32.2. The molecule has 0 spiro atoms. The average Bonchev–Trinajstić information content (AvgIpc) is 3.05. The lowest BCUT2D eigenvalue weighted by molar-refractivity contribution is -0.139. The first kappa shape index (κ1) is 30.7. The normalized spacial score (nSPS) is 25.2. The van der Waals surface area contributed by atoms with E-state index < -0.39 is 44.8 Å². The second-order valence-electron chi connectivity index (χ2n) is 11.1. The fourth-order valence-corrected chi connectivity index (χ4v) is 8.27. The number of aliphatic hydroxyl groups excluding tert-OH is 2. The Bertz CT molecular complexity index is 1470. The highest BCUT2D eigenvalue weighted by molar-refractivity contribution is 7.92. The third-order valence-electron chi connectivity index (χ3n) is 7.95. The number of ether oxygens (including phenoxy) is 2. The molecule has 4 aromatic carbocycles. The maximum absolute atomic E-state index is 14.8. The molecule has 0 aromatic heterocycles.